The fourth-order valence-electron chi connectivity index (χ4n) is 3.11. The molecule has 0 spiro atoms. The minimum absolute atomic E-state index is 0.174. The molecule has 0 bridgehead atoms. The average molecular weight is 413 g/mol. The Morgan fingerprint density at radius 3 is 2.62 bits per heavy atom. The second kappa shape index (κ2) is 7.21. The van der Waals surface area contributed by atoms with E-state index in [9.17, 15) is 8.42 Å². The second-order valence-corrected chi connectivity index (χ2v) is 8.17. The largest absolute Gasteiger partial charge is 0.461 e. The van der Waals surface area contributed by atoms with Crippen molar-refractivity contribution in [3.8, 4) is 11.6 Å². The quantitative estimate of drug-likeness (QED) is 0.516. The minimum atomic E-state index is -3.81. The second-order valence-electron chi connectivity index (χ2n) is 6.55. The van der Waals surface area contributed by atoms with Crippen molar-refractivity contribution >= 4 is 15.7 Å². The summed E-state index contributed by atoms with van der Waals surface area (Å²) in [6.45, 7) is 3.39. The van der Waals surface area contributed by atoms with Crippen molar-refractivity contribution in [1.82, 2.24) is 19.9 Å². The molecule has 0 aliphatic heterocycles. The minimum Gasteiger partial charge on any atom is -0.461 e. The zero-order valence-corrected chi connectivity index (χ0v) is 16.9. The average Bonchev–Trinajstić information content (AvgIpc) is 3.38. The van der Waals surface area contributed by atoms with Gasteiger partial charge in [-0.15, -0.1) is 0 Å². The summed E-state index contributed by atoms with van der Waals surface area (Å²) in [5.74, 6) is 1.18. The molecule has 0 saturated carbocycles. The van der Waals surface area contributed by atoms with Gasteiger partial charge in [0.1, 0.15) is 4.90 Å². The Balaban J connectivity index is 1.62. The van der Waals surface area contributed by atoms with E-state index in [2.05, 4.69) is 20.0 Å². The maximum absolute atomic E-state index is 13.0. The molecule has 9 nitrogen and oxygen atoms in total. The predicted molar refractivity (Wildman–Crippen MR) is 105 cm³/mol. The number of aryl methyl sites for hydroxylation is 2. The number of anilines is 1. The molecule has 3 aromatic heterocycles. The normalized spacial score (nSPS) is 11.7. The molecule has 0 fully saturated rings. The first kappa shape index (κ1) is 18.9. The van der Waals surface area contributed by atoms with E-state index >= 15 is 0 Å². The maximum Gasteiger partial charge on any atom is 0.265 e. The van der Waals surface area contributed by atoms with Crippen molar-refractivity contribution in [2.24, 2.45) is 7.05 Å². The van der Waals surface area contributed by atoms with Crippen LogP contribution in [0.2, 0.25) is 0 Å². The summed E-state index contributed by atoms with van der Waals surface area (Å²) in [5.41, 5.74) is 2.14. The smallest absolute Gasteiger partial charge is 0.265 e. The molecule has 150 valence electrons. The molecule has 0 amide bonds. The molecule has 0 aliphatic carbocycles. The maximum atomic E-state index is 13.0. The number of benzene rings is 1. The van der Waals surface area contributed by atoms with Crippen molar-refractivity contribution in [2.75, 3.05) is 4.72 Å². The Bertz CT molecular complexity index is 1260. The van der Waals surface area contributed by atoms with Gasteiger partial charge in [0.2, 0.25) is 11.7 Å². The number of furan rings is 1. The molecule has 3 heterocycles. The highest BCUT2D eigenvalue weighted by Gasteiger charge is 2.25. The molecule has 0 atom stereocenters. The van der Waals surface area contributed by atoms with Crippen LogP contribution in [0.3, 0.4) is 0 Å². The van der Waals surface area contributed by atoms with Gasteiger partial charge in [-0.25, -0.2) is 8.42 Å². The summed E-state index contributed by atoms with van der Waals surface area (Å²) in [6.07, 6.45) is 1.79. The highest BCUT2D eigenvalue weighted by molar-refractivity contribution is 7.92. The number of nitrogens with zero attached hydrogens (tertiary/aromatic N) is 4. The summed E-state index contributed by atoms with van der Waals surface area (Å²) in [7, 11) is -2.10. The van der Waals surface area contributed by atoms with E-state index in [1.54, 1.807) is 55.9 Å². The summed E-state index contributed by atoms with van der Waals surface area (Å²) >= 11 is 0. The fourth-order valence-corrected chi connectivity index (χ4v) is 4.65. The topological polar surface area (TPSA) is 116 Å². The lowest BCUT2D eigenvalue weighted by Crippen LogP contribution is -2.16. The highest BCUT2D eigenvalue weighted by atomic mass is 32.2. The number of para-hydroxylation sites is 1. The third kappa shape index (κ3) is 3.66. The number of hydrogen-bond donors (Lipinski definition) is 1. The molecule has 29 heavy (non-hydrogen) atoms. The Morgan fingerprint density at radius 1 is 1.14 bits per heavy atom. The van der Waals surface area contributed by atoms with Crippen LogP contribution >= 0.6 is 0 Å². The van der Waals surface area contributed by atoms with E-state index in [1.165, 1.54) is 6.26 Å². The lowest BCUT2D eigenvalue weighted by atomic mass is 10.1. The molecule has 0 radical (unpaired) electrons. The van der Waals surface area contributed by atoms with Crippen molar-refractivity contribution in [1.29, 1.82) is 0 Å². The van der Waals surface area contributed by atoms with Gasteiger partial charge in [0.25, 0.3) is 10.0 Å². The van der Waals surface area contributed by atoms with E-state index in [0.717, 1.165) is 0 Å². The number of sulfonamides is 1. The zero-order chi connectivity index (χ0) is 20.6. The molecular formula is C19H19N5O4S. The number of rotatable bonds is 6. The number of nitrogens with one attached hydrogen (secondary N) is 1. The van der Waals surface area contributed by atoms with Crippen LogP contribution in [0.5, 0.6) is 0 Å². The monoisotopic (exact) mass is 413 g/mol. The van der Waals surface area contributed by atoms with Crippen LogP contribution in [0.25, 0.3) is 11.6 Å². The van der Waals surface area contributed by atoms with E-state index in [1.807, 2.05) is 6.07 Å². The van der Waals surface area contributed by atoms with Crippen molar-refractivity contribution in [2.45, 2.75) is 25.2 Å². The van der Waals surface area contributed by atoms with E-state index in [4.69, 9.17) is 8.94 Å². The number of hydrogen-bond acceptors (Lipinski definition) is 7. The van der Waals surface area contributed by atoms with E-state index in [-0.39, 0.29) is 11.3 Å². The van der Waals surface area contributed by atoms with Gasteiger partial charge >= 0.3 is 0 Å². The van der Waals surface area contributed by atoms with Crippen LogP contribution in [0.4, 0.5) is 5.69 Å². The predicted octanol–water partition coefficient (Wildman–Crippen LogP) is 3.07. The molecule has 1 aromatic carbocycles. The van der Waals surface area contributed by atoms with Gasteiger partial charge in [-0.1, -0.05) is 23.4 Å². The lowest BCUT2D eigenvalue weighted by molar-refractivity contribution is 0.384. The molecule has 4 rings (SSSR count). The van der Waals surface area contributed by atoms with Gasteiger partial charge in [0.15, 0.2) is 5.76 Å². The van der Waals surface area contributed by atoms with E-state index in [0.29, 0.717) is 40.1 Å². The van der Waals surface area contributed by atoms with Gasteiger partial charge in [-0.05, 0) is 37.6 Å². The first-order valence-electron chi connectivity index (χ1n) is 8.82. The third-order valence-electron chi connectivity index (χ3n) is 4.52. The Morgan fingerprint density at radius 2 is 1.93 bits per heavy atom. The van der Waals surface area contributed by atoms with Crippen LogP contribution in [-0.4, -0.2) is 28.3 Å². The van der Waals surface area contributed by atoms with Gasteiger partial charge in [0.05, 0.1) is 29.8 Å². The summed E-state index contributed by atoms with van der Waals surface area (Å²) in [5, 5.41) is 8.09. The molecule has 1 N–H and O–H groups in total. The molecule has 0 aliphatic rings. The summed E-state index contributed by atoms with van der Waals surface area (Å²) < 4.78 is 40.7. The Hall–Kier alpha value is -3.40. The zero-order valence-electron chi connectivity index (χ0n) is 16.1. The van der Waals surface area contributed by atoms with Crippen molar-refractivity contribution < 1.29 is 17.4 Å². The molecule has 0 unspecified atom stereocenters. The molecular weight excluding hydrogens is 394 g/mol. The lowest BCUT2D eigenvalue weighted by Gasteiger charge is -2.12. The van der Waals surface area contributed by atoms with Crippen LogP contribution in [0.1, 0.15) is 22.8 Å². The van der Waals surface area contributed by atoms with Crippen molar-refractivity contribution in [3.63, 3.8) is 0 Å². The third-order valence-corrected chi connectivity index (χ3v) is 6.14. The SMILES string of the molecule is Cc1nn(C)c(C)c1S(=O)(=O)Nc1ccccc1Cc1nc(-c2ccco2)no1. The van der Waals surface area contributed by atoms with Crippen LogP contribution < -0.4 is 4.72 Å². The molecule has 4 aromatic rings. The van der Waals surface area contributed by atoms with E-state index < -0.39 is 10.0 Å². The van der Waals surface area contributed by atoms with Gasteiger partial charge in [-0.2, -0.15) is 10.1 Å². The van der Waals surface area contributed by atoms with Crippen LogP contribution in [-0.2, 0) is 23.5 Å². The summed E-state index contributed by atoms with van der Waals surface area (Å²) in [6, 6.07) is 10.5. The summed E-state index contributed by atoms with van der Waals surface area (Å²) in [4.78, 5) is 4.49. The Labute approximate surface area is 167 Å². The molecule has 0 saturated heterocycles. The van der Waals surface area contributed by atoms with Gasteiger partial charge < -0.3 is 8.94 Å². The fraction of sp³-hybridized carbons (Fsp3) is 0.211. The molecule has 10 heteroatoms. The number of aromatic nitrogens is 4. The van der Waals surface area contributed by atoms with Crippen molar-refractivity contribution in [3.05, 3.63) is 65.5 Å². The highest BCUT2D eigenvalue weighted by Crippen LogP contribution is 2.26. The van der Waals surface area contributed by atoms with Crippen LogP contribution in [0.15, 0.2) is 56.5 Å². The Kier molecular flexibility index (Phi) is 4.71. The first-order valence-corrected chi connectivity index (χ1v) is 10.3. The van der Waals surface area contributed by atoms with Crippen LogP contribution in [0, 0.1) is 13.8 Å². The first-order chi connectivity index (χ1) is 13.8. The van der Waals surface area contributed by atoms with Gasteiger partial charge in [0, 0.05) is 7.05 Å². The van der Waals surface area contributed by atoms with Gasteiger partial charge in [-0.3, -0.25) is 9.40 Å². The standard InChI is InChI=1S/C19H19N5O4S/c1-12-18(13(2)24(3)21-12)29(25,26)23-15-8-5-4-7-14(15)11-17-20-19(22-28-17)16-9-6-10-27-16/h4-10,23H,11H2,1-3H3.